The first-order valence-electron chi connectivity index (χ1n) is 9.41. The maximum absolute atomic E-state index is 12.3. The lowest BCUT2D eigenvalue weighted by molar-refractivity contribution is 0.229. The van der Waals surface area contributed by atoms with Crippen LogP contribution in [0.1, 0.15) is 70.9 Å². The van der Waals surface area contributed by atoms with Crippen LogP contribution in [0.4, 0.5) is 4.79 Å². The number of rotatable bonds is 6. The molecule has 0 radical (unpaired) electrons. The van der Waals surface area contributed by atoms with Gasteiger partial charge in [-0.05, 0) is 51.3 Å². The summed E-state index contributed by atoms with van der Waals surface area (Å²) >= 11 is 0. The fourth-order valence-corrected chi connectivity index (χ4v) is 3.24. The fourth-order valence-electron chi connectivity index (χ4n) is 3.24. The van der Waals surface area contributed by atoms with Crippen LogP contribution < -0.4 is 20.1 Å². The van der Waals surface area contributed by atoms with Crippen molar-refractivity contribution in [3.63, 3.8) is 0 Å². The van der Waals surface area contributed by atoms with E-state index in [4.69, 9.17) is 9.47 Å². The number of carbonyl (C=O) groups excluding carboxylic acids is 1. The minimum Gasteiger partial charge on any atom is -0.493 e. The summed E-state index contributed by atoms with van der Waals surface area (Å²) in [4.78, 5) is 12.3. The topological polar surface area (TPSA) is 59.6 Å². The van der Waals surface area contributed by atoms with Gasteiger partial charge in [0.2, 0.25) is 0 Å². The number of urea groups is 1. The Kier molecular flexibility index (Phi) is 7.41. The van der Waals surface area contributed by atoms with E-state index in [1.807, 2.05) is 39.0 Å². The van der Waals surface area contributed by atoms with E-state index in [0.717, 1.165) is 24.2 Å². The Morgan fingerprint density at radius 3 is 2.36 bits per heavy atom. The van der Waals surface area contributed by atoms with Crippen LogP contribution in [0.3, 0.4) is 0 Å². The third-order valence-corrected chi connectivity index (χ3v) is 4.59. The molecule has 2 N–H and O–H groups in total. The molecule has 1 aliphatic carbocycles. The standard InChI is InChI=1S/C20H32N2O3/c1-14(2)25-18-12-11-16(13-19(18)24-4)15(3)21-20(23)22-17-9-7-5-6-8-10-17/h11-15,17H,5-10H2,1-4H3,(H2,21,22,23). The quantitative estimate of drug-likeness (QED) is 0.741. The molecule has 0 aromatic heterocycles. The molecule has 1 saturated carbocycles. The molecule has 1 atom stereocenters. The van der Waals surface area contributed by atoms with Crippen molar-refractivity contribution >= 4 is 6.03 Å². The molecule has 0 saturated heterocycles. The van der Waals surface area contributed by atoms with Crippen LogP contribution in [0.5, 0.6) is 11.5 Å². The summed E-state index contributed by atoms with van der Waals surface area (Å²) < 4.78 is 11.2. The van der Waals surface area contributed by atoms with Crippen molar-refractivity contribution in [1.82, 2.24) is 10.6 Å². The van der Waals surface area contributed by atoms with E-state index < -0.39 is 0 Å². The lowest BCUT2D eigenvalue weighted by Crippen LogP contribution is -2.42. The van der Waals surface area contributed by atoms with Crippen LogP contribution in [0.2, 0.25) is 0 Å². The predicted molar refractivity (Wildman–Crippen MR) is 100 cm³/mol. The van der Waals surface area contributed by atoms with Crippen molar-refractivity contribution in [2.24, 2.45) is 0 Å². The molecule has 25 heavy (non-hydrogen) atoms. The van der Waals surface area contributed by atoms with Crippen LogP contribution in [-0.4, -0.2) is 25.3 Å². The van der Waals surface area contributed by atoms with E-state index in [9.17, 15) is 4.79 Å². The van der Waals surface area contributed by atoms with Crippen LogP contribution >= 0.6 is 0 Å². The van der Waals surface area contributed by atoms with Crippen molar-refractivity contribution < 1.29 is 14.3 Å². The van der Waals surface area contributed by atoms with Gasteiger partial charge < -0.3 is 20.1 Å². The second-order valence-electron chi connectivity index (χ2n) is 7.10. The highest BCUT2D eigenvalue weighted by molar-refractivity contribution is 5.74. The number of hydrogen-bond donors (Lipinski definition) is 2. The maximum Gasteiger partial charge on any atom is 0.315 e. The molecule has 2 amide bonds. The van der Waals surface area contributed by atoms with Crippen LogP contribution in [0.25, 0.3) is 0 Å². The molecular formula is C20H32N2O3. The molecule has 5 heteroatoms. The maximum atomic E-state index is 12.3. The average molecular weight is 348 g/mol. The summed E-state index contributed by atoms with van der Waals surface area (Å²) in [5.74, 6) is 1.40. The van der Waals surface area contributed by atoms with Crippen molar-refractivity contribution in [2.75, 3.05) is 7.11 Å². The van der Waals surface area contributed by atoms with Crippen molar-refractivity contribution in [1.29, 1.82) is 0 Å². The molecule has 1 aromatic rings. The van der Waals surface area contributed by atoms with Crippen molar-refractivity contribution in [3.05, 3.63) is 23.8 Å². The molecule has 0 bridgehead atoms. The Labute approximate surface area is 151 Å². The number of carbonyl (C=O) groups is 1. The van der Waals surface area contributed by atoms with E-state index in [2.05, 4.69) is 10.6 Å². The minimum atomic E-state index is -0.104. The monoisotopic (exact) mass is 348 g/mol. The smallest absolute Gasteiger partial charge is 0.315 e. The summed E-state index contributed by atoms with van der Waals surface area (Å²) in [6.07, 6.45) is 7.21. The fraction of sp³-hybridized carbons (Fsp3) is 0.650. The highest BCUT2D eigenvalue weighted by atomic mass is 16.5. The Morgan fingerprint density at radius 2 is 1.76 bits per heavy atom. The first-order chi connectivity index (χ1) is 12.0. The molecular weight excluding hydrogens is 316 g/mol. The first-order valence-corrected chi connectivity index (χ1v) is 9.41. The van der Waals surface area contributed by atoms with Gasteiger partial charge in [0.15, 0.2) is 11.5 Å². The van der Waals surface area contributed by atoms with E-state index in [1.165, 1.54) is 25.7 Å². The van der Waals surface area contributed by atoms with Gasteiger partial charge in [0, 0.05) is 6.04 Å². The highest BCUT2D eigenvalue weighted by Gasteiger charge is 2.17. The third kappa shape index (κ3) is 6.15. The Bertz CT molecular complexity index is 552. The number of amides is 2. The number of hydrogen-bond acceptors (Lipinski definition) is 3. The second kappa shape index (κ2) is 9.54. The van der Waals surface area contributed by atoms with Gasteiger partial charge in [0.25, 0.3) is 0 Å². The molecule has 0 spiro atoms. The van der Waals surface area contributed by atoms with Crippen LogP contribution in [0, 0.1) is 0 Å². The number of nitrogens with one attached hydrogen (secondary N) is 2. The van der Waals surface area contributed by atoms with Gasteiger partial charge in [-0.2, -0.15) is 0 Å². The number of methoxy groups -OCH3 is 1. The van der Waals surface area contributed by atoms with Gasteiger partial charge in [0.1, 0.15) is 0 Å². The molecule has 0 aliphatic heterocycles. The normalized spacial score (nSPS) is 16.8. The third-order valence-electron chi connectivity index (χ3n) is 4.59. The lowest BCUT2D eigenvalue weighted by Gasteiger charge is -2.21. The predicted octanol–water partition coefficient (Wildman–Crippen LogP) is 4.57. The molecule has 1 aliphatic rings. The lowest BCUT2D eigenvalue weighted by atomic mass is 10.1. The van der Waals surface area contributed by atoms with E-state index >= 15 is 0 Å². The largest absolute Gasteiger partial charge is 0.493 e. The molecule has 5 nitrogen and oxygen atoms in total. The zero-order valence-electron chi connectivity index (χ0n) is 15.9. The Morgan fingerprint density at radius 1 is 1.08 bits per heavy atom. The van der Waals surface area contributed by atoms with Gasteiger partial charge in [-0.15, -0.1) is 0 Å². The molecule has 1 fully saturated rings. The summed E-state index contributed by atoms with van der Waals surface area (Å²) in [6, 6.07) is 5.89. The zero-order chi connectivity index (χ0) is 18.2. The summed E-state index contributed by atoms with van der Waals surface area (Å²) in [5.41, 5.74) is 0.990. The summed E-state index contributed by atoms with van der Waals surface area (Å²) in [7, 11) is 1.63. The van der Waals surface area contributed by atoms with Crippen molar-refractivity contribution in [3.8, 4) is 11.5 Å². The second-order valence-corrected chi connectivity index (χ2v) is 7.10. The summed E-state index contributed by atoms with van der Waals surface area (Å²) in [6.45, 7) is 5.94. The van der Waals surface area contributed by atoms with Crippen LogP contribution in [-0.2, 0) is 0 Å². The van der Waals surface area contributed by atoms with Gasteiger partial charge >= 0.3 is 6.03 Å². The number of ether oxygens (including phenoxy) is 2. The van der Waals surface area contributed by atoms with E-state index in [0.29, 0.717) is 11.8 Å². The first kappa shape index (κ1) is 19.4. The molecule has 140 valence electrons. The molecule has 0 heterocycles. The van der Waals surface area contributed by atoms with Gasteiger partial charge in [-0.1, -0.05) is 31.7 Å². The average Bonchev–Trinajstić information content (AvgIpc) is 2.83. The molecule has 2 rings (SSSR count). The Balaban J connectivity index is 1.94. The van der Waals surface area contributed by atoms with Gasteiger partial charge in [0.05, 0.1) is 19.3 Å². The Hall–Kier alpha value is -1.91. The zero-order valence-corrected chi connectivity index (χ0v) is 15.9. The van der Waals surface area contributed by atoms with E-state index in [-0.39, 0.29) is 18.2 Å². The van der Waals surface area contributed by atoms with Gasteiger partial charge in [-0.25, -0.2) is 4.79 Å². The van der Waals surface area contributed by atoms with Crippen LogP contribution in [0.15, 0.2) is 18.2 Å². The minimum absolute atomic E-state index is 0.0839. The van der Waals surface area contributed by atoms with E-state index in [1.54, 1.807) is 7.11 Å². The molecule has 1 aromatic carbocycles. The SMILES string of the molecule is COc1cc(C(C)NC(=O)NC2CCCCCC2)ccc1OC(C)C. The highest BCUT2D eigenvalue weighted by Crippen LogP contribution is 2.31. The van der Waals surface area contributed by atoms with Gasteiger partial charge in [-0.3, -0.25) is 0 Å². The summed E-state index contributed by atoms with van der Waals surface area (Å²) in [5, 5.41) is 6.15. The number of benzene rings is 1. The molecule has 1 unspecified atom stereocenters. The van der Waals surface area contributed by atoms with Crippen molar-refractivity contribution in [2.45, 2.75) is 77.5 Å².